The van der Waals surface area contributed by atoms with Gasteiger partial charge in [0, 0.05) is 39.3 Å². The van der Waals surface area contributed by atoms with Crippen LogP contribution in [0.3, 0.4) is 0 Å². The van der Waals surface area contributed by atoms with E-state index in [9.17, 15) is 8.42 Å². The largest absolute Gasteiger partial charge is 0.315 e. The first-order valence-corrected chi connectivity index (χ1v) is 9.94. The maximum atomic E-state index is 11.5. The lowest BCUT2D eigenvalue weighted by Gasteiger charge is -2.33. The van der Waals surface area contributed by atoms with Crippen molar-refractivity contribution in [2.45, 2.75) is 12.8 Å². The van der Waals surface area contributed by atoms with Crippen LogP contribution in [0.15, 0.2) is 12.2 Å². The predicted molar refractivity (Wildman–Crippen MR) is 84.6 cm³/mol. The van der Waals surface area contributed by atoms with E-state index >= 15 is 0 Å². The minimum atomic E-state index is -3.01. The second kappa shape index (κ2) is 6.36. The van der Waals surface area contributed by atoms with Crippen LogP contribution in [0.4, 0.5) is 0 Å². The van der Waals surface area contributed by atoms with E-state index < -0.39 is 10.0 Å². The Bertz CT molecular complexity index is 483. The van der Waals surface area contributed by atoms with Gasteiger partial charge in [0.15, 0.2) is 0 Å². The van der Waals surface area contributed by atoms with Gasteiger partial charge >= 0.3 is 0 Å². The zero-order valence-electron chi connectivity index (χ0n) is 12.9. The average molecular weight is 313 g/mol. The Labute approximate surface area is 128 Å². The van der Waals surface area contributed by atoms with Crippen molar-refractivity contribution >= 4 is 10.0 Å². The third-order valence-corrected chi connectivity index (χ3v) is 6.53. The first-order valence-electron chi connectivity index (χ1n) is 8.09. The third-order valence-electron chi connectivity index (χ3n) is 5.23. The predicted octanol–water partition coefficient (Wildman–Crippen LogP) is 0.365. The Balaban J connectivity index is 1.30. The fourth-order valence-electron chi connectivity index (χ4n) is 3.94. The van der Waals surface area contributed by atoms with Gasteiger partial charge in [-0.3, -0.25) is 4.90 Å². The van der Waals surface area contributed by atoms with E-state index in [2.05, 4.69) is 22.4 Å². The van der Waals surface area contributed by atoms with Gasteiger partial charge in [-0.2, -0.15) is 4.31 Å². The second-order valence-corrected chi connectivity index (χ2v) is 8.73. The van der Waals surface area contributed by atoms with Gasteiger partial charge in [0.1, 0.15) is 0 Å². The fourth-order valence-corrected chi connectivity index (χ4v) is 4.77. The van der Waals surface area contributed by atoms with Crippen molar-refractivity contribution in [3.8, 4) is 0 Å². The van der Waals surface area contributed by atoms with Gasteiger partial charge in [-0.1, -0.05) is 12.2 Å². The molecule has 3 unspecified atom stereocenters. The van der Waals surface area contributed by atoms with Crippen molar-refractivity contribution in [1.29, 1.82) is 0 Å². The summed E-state index contributed by atoms with van der Waals surface area (Å²) < 4.78 is 24.5. The molecule has 1 saturated heterocycles. The van der Waals surface area contributed by atoms with E-state index in [4.69, 9.17) is 0 Å². The lowest BCUT2D eigenvalue weighted by molar-refractivity contribution is 0.188. The molecule has 3 rings (SSSR count). The molecule has 0 aromatic carbocycles. The van der Waals surface area contributed by atoms with Gasteiger partial charge in [0.2, 0.25) is 10.0 Å². The molecule has 0 aromatic rings. The van der Waals surface area contributed by atoms with Crippen molar-refractivity contribution in [2.24, 2.45) is 17.8 Å². The lowest BCUT2D eigenvalue weighted by Crippen LogP contribution is -2.49. The van der Waals surface area contributed by atoms with Crippen molar-refractivity contribution in [2.75, 3.05) is 52.1 Å². The third kappa shape index (κ3) is 3.86. The maximum absolute atomic E-state index is 11.5. The summed E-state index contributed by atoms with van der Waals surface area (Å²) in [4.78, 5) is 2.36. The minimum Gasteiger partial charge on any atom is -0.315 e. The van der Waals surface area contributed by atoms with Gasteiger partial charge in [-0.05, 0) is 37.1 Å². The summed E-state index contributed by atoms with van der Waals surface area (Å²) in [5, 5.41) is 3.59. The monoisotopic (exact) mass is 313 g/mol. The van der Waals surface area contributed by atoms with Crippen molar-refractivity contribution in [3.63, 3.8) is 0 Å². The highest BCUT2D eigenvalue weighted by molar-refractivity contribution is 7.88. The van der Waals surface area contributed by atoms with Crippen LogP contribution in [0.1, 0.15) is 12.8 Å². The number of piperazine rings is 1. The van der Waals surface area contributed by atoms with Gasteiger partial charge in [0.25, 0.3) is 0 Å². The first-order chi connectivity index (χ1) is 10.0. The van der Waals surface area contributed by atoms with Crippen LogP contribution in [0.5, 0.6) is 0 Å². The number of nitrogens with one attached hydrogen (secondary N) is 1. The summed E-state index contributed by atoms with van der Waals surface area (Å²) in [5.41, 5.74) is 0. The molecule has 3 atom stereocenters. The van der Waals surface area contributed by atoms with Gasteiger partial charge in [-0.15, -0.1) is 0 Å². The summed E-state index contributed by atoms with van der Waals surface area (Å²) in [6.45, 7) is 6.14. The van der Waals surface area contributed by atoms with Gasteiger partial charge in [0.05, 0.1) is 6.26 Å². The smallest absolute Gasteiger partial charge is 0.211 e. The summed E-state index contributed by atoms with van der Waals surface area (Å²) in [7, 11) is -3.01. The van der Waals surface area contributed by atoms with E-state index in [-0.39, 0.29) is 0 Å². The van der Waals surface area contributed by atoms with Gasteiger partial charge < -0.3 is 5.32 Å². The van der Waals surface area contributed by atoms with Crippen LogP contribution in [-0.4, -0.2) is 69.7 Å². The zero-order valence-corrected chi connectivity index (χ0v) is 13.7. The average Bonchev–Trinajstić information content (AvgIpc) is 3.05. The van der Waals surface area contributed by atoms with E-state index in [0.29, 0.717) is 13.1 Å². The molecule has 3 aliphatic rings. The molecule has 2 aliphatic carbocycles. The minimum absolute atomic E-state index is 0.635. The molecule has 1 N–H and O–H groups in total. The lowest BCUT2D eigenvalue weighted by atomic mass is 9.94. The number of rotatable bonds is 6. The van der Waals surface area contributed by atoms with Crippen LogP contribution in [0.2, 0.25) is 0 Å². The van der Waals surface area contributed by atoms with Crippen LogP contribution in [0.25, 0.3) is 0 Å². The Morgan fingerprint density at radius 1 is 1.14 bits per heavy atom. The van der Waals surface area contributed by atoms with Crippen LogP contribution in [-0.2, 0) is 10.0 Å². The quantitative estimate of drug-likeness (QED) is 0.568. The number of hydrogen-bond acceptors (Lipinski definition) is 4. The molecule has 0 radical (unpaired) electrons. The summed E-state index contributed by atoms with van der Waals surface area (Å²) >= 11 is 0. The number of hydrogen-bond donors (Lipinski definition) is 1. The van der Waals surface area contributed by atoms with Crippen LogP contribution < -0.4 is 5.32 Å². The molecule has 5 nitrogen and oxygen atoms in total. The Morgan fingerprint density at radius 2 is 1.90 bits per heavy atom. The Hall–Kier alpha value is -0.430. The number of allylic oxidation sites excluding steroid dienone is 2. The first kappa shape index (κ1) is 15.5. The van der Waals surface area contributed by atoms with E-state index in [1.54, 1.807) is 4.31 Å². The molecular weight excluding hydrogens is 286 g/mol. The molecule has 2 fully saturated rings. The highest BCUT2D eigenvalue weighted by atomic mass is 32.2. The second-order valence-electron chi connectivity index (χ2n) is 6.75. The van der Waals surface area contributed by atoms with Crippen molar-refractivity contribution < 1.29 is 8.42 Å². The van der Waals surface area contributed by atoms with Crippen LogP contribution in [0, 0.1) is 17.8 Å². The van der Waals surface area contributed by atoms with Crippen molar-refractivity contribution in [1.82, 2.24) is 14.5 Å². The molecule has 1 saturated carbocycles. The summed E-state index contributed by atoms with van der Waals surface area (Å²) in [5.74, 6) is 2.51. The molecule has 6 heteroatoms. The molecule has 0 amide bonds. The molecular formula is C15H27N3O2S. The molecule has 1 aliphatic heterocycles. The van der Waals surface area contributed by atoms with E-state index in [0.717, 1.165) is 50.5 Å². The van der Waals surface area contributed by atoms with Crippen LogP contribution >= 0.6 is 0 Å². The van der Waals surface area contributed by atoms with Gasteiger partial charge in [-0.25, -0.2) is 8.42 Å². The molecule has 2 bridgehead atoms. The molecule has 0 aromatic heterocycles. The zero-order chi connectivity index (χ0) is 14.9. The van der Waals surface area contributed by atoms with Crippen molar-refractivity contribution in [3.05, 3.63) is 12.2 Å². The maximum Gasteiger partial charge on any atom is 0.211 e. The number of nitrogens with zero attached hydrogens (tertiary/aromatic N) is 2. The van der Waals surface area contributed by atoms with E-state index in [1.807, 2.05) is 0 Å². The molecule has 21 heavy (non-hydrogen) atoms. The standard InChI is InChI=1S/C15H27N3O2S/c1-21(19,20)18-8-6-17(7-9-18)5-4-16-12-15-11-13-2-3-14(15)10-13/h2-3,13-16H,4-12H2,1H3. The normalized spacial score (nSPS) is 33.9. The summed E-state index contributed by atoms with van der Waals surface area (Å²) in [6.07, 6.45) is 8.84. The number of fused-ring (bicyclic) bond motifs is 2. The topological polar surface area (TPSA) is 52.7 Å². The SMILES string of the molecule is CS(=O)(=O)N1CCN(CCNCC2CC3C=CC2C3)CC1. The Kier molecular flexibility index (Phi) is 4.69. The molecule has 120 valence electrons. The highest BCUT2D eigenvalue weighted by Gasteiger charge is 2.34. The number of sulfonamides is 1. The molecule has 0 spiro atoms. The van der Waals surface area contributed by atoms with E-state index in [1.165, 1.54) is 19.1 Å². The summed E-state index contributed by atoms with van der Waals surface area (Å²) in [6, 6.07) is 0. The fraction of sp³-hybridized carbons (Fsp3) is 0.867. The molecule has 1 heterocycles. The Morgan fingerprint density at radius 3 is 2.48 bits per heavy atom. The highest BCUT2D eigenvalue weighted by Crippen LogP contribution is 2.42.